The molecular weight excluding hydrogens is 362 g/mol. The van der Waals surface area contributed by atoms with Crippen LogP contribution in [0.25, 0.3) is 0 Å². The minimum absolute atomic E-state index is 0. The van der Waals surface area contributed by atoms with Crippen LogP contribution in [0, 0.1) is 6.92 Å². The van der Waals surface area contributed by atoms with Gasteiger partial charge in [0.15, 0.2) is 0 Å². The number of sulfonamides is 1. The van der Waals surface area contributed by atoms with E-state index in [0.717, 1.165) is 11.1 Å². The number of nitrogens with two attached hydrogens (primary N) is 1. The van der Waals surface area contributed by atoms with Crippen molar-refractivity contribution in [3.05, 3.63) is 35.4 Å². The van der Waals surface area contributed by atoms with Crippen molar-refractivity contribution < 1.29 is 13.2 Å². The first-order valence-electron chi connectivity index (χ1n) is 8.31. The fraction of sp³-hybridized carbons (Fsp3) is 0.588. The molecule has 1 aromatic rings. The van der Waals surface area contributed by atoms with Gasteiger partial charge in [-0.1, -0.05) is 36.8 Å². The Labute approximate surface area is 156 Å². The summed E-state index contributed by atoms with van der Waals surface area (Å²) in [4.78, 5) is 14.3. The molecule has 0 saturated carbocycles. The lowest BCUT2D eigenvalue weighted by Crippen LogP contribution is -2.50. The van der Waals surface area contributed by atoms with Crippen LogP contribution in [0.4, 0.5) is 0 Å². The summed E-state index contributed by atoms with van der Waals surface area (Å²) in [6.45, 7) is 5.36. The maximum Gasteiger partial charge on any atom is 0.244 e. The highest BCUT2D eigenvalue weighted by Gasteiger charge is 2.32. The van der Waals surface area contributed by atoms with E-state index in [1.807, 2.05) is 38.1 Å². The highest BCUT2D eigenvalue weighted by atomic mass is 35.5. The molecule has 1 aromatic carbocycles. The molecule has 8 heteroatoms. The highest BCUT2D eigenvalue weighted by molar-refractivity contribution is 7.88. The standard InChI is InChI=1S/C17H27N3O3S.ClH/c1-4-20(24(3,22)23)15-9-11-19(12-10-15)17(21)16(18)14-7-5-13(2)6-8-14;/h5-8,15-16H,4,9-12,18H2,1-3H3;1H. The number of carbonyl (C=O) groups is 1. The summed E-state index contributed by atoms with van der Waals surface area (Å²) in [5, 5.41) is 0. The summed E-state index contributed by atoms with van der Waals surface area (Å²) in [5.41, 5.74) is 8.04. The van der Waals surface area contributed by atoms with Gasteiger partial charge in [-0.15, -0.1) is 12.4 Å². The van der Waals surface area contributed by atoms with Crippen LogP contribution in [0.1, 0.15) is 36.9 Å². The number of aryl methyl sites for hydroxylation is 1. The molecular formula is C17H28ClN3O3S. The fourth-order valence-electron chi connectivity index (χ4n) is 3.25. The fourth-order valence-corrected chi connectivity index (χ4v) is 4.47. The van der Waals surface area contributed by atoms with E-state index in [1.54, 1.807) is 4.90 Å². The number of nitrogens with zero attached hydrogens (tertiary/aromatic N) is 2. The highest BCUT2D eigenvalue weighted by Crippen LogP contribution is 2.22. The van der Waals surface area contributed by atoms with E-state index < -0.39 is 16.1 Å². The van der Waals surface area contributed by atoms with E-state index in [2.05, 4.69) is 0 Å². The number of hydrogen-bond donors (Lipinski definition) is 1. The number of amides is 1. The lowest BCUT2D eigenvalue weighted by atomic mass is 10.0. The van der Waals surface area contributed by atoms with Crippen molar-refractivity contribution in [2.24, 2.45) is 5.73 Å². The Hall–Kier alpha value is -1.15. The van der Waals surface area contributed by atoms with E-state index in [9.17, 15) is 13.2 Å². The molecule has 1 amide bonds. The average Bonchev–Trinajstić information content (AvgIpc) is 2.54. The molecule has 0 radical (unpaired) electrons. The molecule has 1 saturated heterocycles. The summed E-state index contributed by atoms with van der Waals surface area (Å²) in [5.74, 6) is -0.0975. The van der Waals surface area contributed by atoms with Gasteiger partial charge in [-0.2, -0.15) is 4.31 Å². The predicted molar refractivity (Wildman–Crippen MR) is 102 cm³/mol. The van der Waals surface area contributed by atoms with E-state index in [1.165, 1.54) is 10.6 Å². The molecule has 1 unspecified atom stereocenters. The van der Waals surface area contributed by atoms with Gasteiger partial charge < -0.3 is 10.6 Å². The SMILES string of the molecule is CCN(C1CCN(C(=O)C(N)c2ccc(C)cc2)CC1)S(C)(=O)=O.Cl. The number of benzene rings is 1. The third kappa shape index (κ3) is 5.41. The Balaban J connectivity index is 0.00000312. The Morgan fingerprint density at radius 2 is 1.80 bits per heavy atom. The van der Waals surface area contributed by atoms with Crippen LogP contribution in [0.3, 0.4) is 0 Å². The van der Waals surface area contributed by atoms with Gasteiger partial charge in [-0.05, 0) is 25.3 Å². The Morgan fingerprint density at radius 3 is 2.24 bits per heavy atom. The average molecular weight is 390 g/mol. The van der Waals surface area contributed by atoms with Gasteiger partial charge in [-0.25, -0.2) is 8.42 Å². The molecule has 1 atom stereocenters. The van der Waals surface area contributed by atoms with Gasteiger partial charge in [0.2, 0.25) is 15.9 Å². The number of rotatable bonds is 5. The summed E-state index contributed by atoms with van der Waals surface area (Å²) in [6.07, 6.45) is 2.53. The smallest absolute Gasteiger partial charge is 0.244 e. The third-order valence-corrected chi connectivity index (χ3v) is 6.03. The Morgan fingerprint density at radius 1 is 1.28 bits per heavy atom. The van der Waals surface area contributed by atoms with Crippen molar-refractivity contribution in [2.45, 2.75) is 38.8 Å². The predicted octanol–water partition coefficient (Wildman–Crippen LogP) is 1.69. The zero-order valence-electron chi connectivity index (χ0n) is 15.0. The molecule has 2 rings (SSSR count). The summed E-state index contributed by atoms with van der Waals surface area (Å²) >= 11 is 0. The number of likely N-dealkylation sites (tertiary alicyclic amines) is 1. The maximum absolute atomic E-state index is 12.6. The molecule has 1 aliphatic rings. The van der Waals surface area contributed by atoms with E-state index >= 15 is 0 Å². The molecule has 25 heavy (non-hydrogen) atoms. The van der Waals surface area contributed by atoms with Gasteiger partial charge >= 0.3 is 0 Å². The van der Waals surface area contributed by atoms with Crippen LogP contribution in [0.2, 0.25) is 0 Å². The van der Waals surface area contributed by atoms with E-state index in [0.29, 0.717) is 32.5 Å². The zero-order chi connectivity index (χ0) is 17.9. The Bertz CT molecular complexity index is 671. The molecule has 2 N–H and O–H groups in total. The van der Waals surface area contributed by atoms with Crippen LogP contribution < -0.4 is 5.73 Å². The molecule has 1 aliphatic heterocycles. The summed E-state index contributed by atoms with van der Waals surface area (Å²) in [6, 6.07) is 6.95. The lowest BCUT2D eigenvalue weighted by molar-refractivity contribution is -0.134. The first-order valence-corrected chi connectivity index (χ1v) is 10.2. The second-order valence-electron chi connectivity index (χ2n) is 6.41. The number of carbonyl (C=O) groups excluding carboxylic acids is 1. The van der Waals surface area contributed by atoms with Gasteiger partial charge in [-0.3, -0.25) is 4.79 Å². The minimum atomic E-state index is -3.21. The van der Waals surface area contributed by atoms with Crippen molar-refractivity contribution in [1.29, 1.82) is 0 Å². The van der Waals surface area contributed by atoms with Crippen molar-refractivity contribution >= 4 is 28.3 Å². The van der Waals surface area contributed by atoms with Crippen molar-refractivity contribution in [3.8, 4) is 0 Å². The maximum atomic E-state index is 12.6. The number of piperidine rings is 1. The molecule has 142 valence electrons. The lowest BCUT2D eigenvalue weighted by Gasteiger charge is -2.37. The van der Waals surface area contributed by atoms with Crippen LogP contribution in [-0.4, -0.2) is 55.5 Å². The number of halogens is 1. The largest absolute Gasteiger partial charge is 0.341 e. The first-order chi connectivity index (χ1) is 11.2. The molecule has 0 spiro atoms. The van der Waals surface area contributed by atoms with Crippen LogP contribution in [0.15, 0.2) is 24.3 Å². The second kappa shape index (κ2) is 8.98. The third-order valence-electron chi connectivity index (χ3n) is 4.62. The quantitative estimate of drug-likeness (QED) is 0.830. The molecule has 6 nitrogen and oxygen atoms in total. The van der Waals surface area contributed by atoms with Crippen LogP contribution >= 0.6 is 12.4 Å². The molecule has 0 bridgehead atoms. The topological polar surface area (TPSA) is 83.7 Å². The van der Waals surface area contributed by atoms with E-state index in [-0.39, 0.29) is 24.4 Å². The van der Waals surface area contributed by atoms with Gasteiger partial charge in [0, 0.05) is 25.7 Å². The van der Waals surface area contributed by atoms with Gasteiger partial charge in [0.25, 0.3) is 0 Å². The van der Waals surface area contributed by atoms with Crippen LogP contribution in [0.5, 0.6) is 0 Å². The van der Waals surface area contributed by atoms with Crippen LogP contribution in [-0.2, 0) is 14.8 Å². The molecule has 0 aromatic heterocycles. The van der Waals surface area contributed by atoms with Crippen molar-refractivity contribution in [3.63, 3.8) is 0 Å². The van der Waals surface area contributed by atoms with Crippen molar-refractivity contribution in [2.75, 3.05) is 25.9 Å². The second-order valence-corrected chi connectivity index (χ2v) is 8.35. The number of hydrogen-bond acceptors (Lipinski definition) is 4. The van der Waals surface area contributed by atoms with Crippen molar-refractivity contribution in [1.82, 2.24) is 9.21 Å². The molecule has 1 fully saturated rings. The monoisotopic (exact) mass is 389 g/mol. The molecule has 0 aliphatic carbocycles. The first kappa shape index (κ1) is 21.9. The summed E-state index contributed by atoms with van der Waals surface area (Å²) < 4.78 is 25.2. The van der Waals surface area contributed by atoms with E-state index in [4.69, 9.17) is 5.73 Å². The Kier molecular flexibility index (Phi) is 7.87. The van der Waals surface area contributed by atoms with Gasteiger partial charge in [0.05, 0.1) is 6.26 Å². The minimum Gasteiger partial charge on any atom is -0.341 e. The van der Waals surface area contributed by atoms with Gasteiger partial charge in [0.1, 0.15) is 6.04 Å². The normalized spacial score (nSPS) is 17.2. The molecule has 1 heterocycles. The zero-order valence-corrected chi connectivity index (χ0v) is 16.6. The summed E-state index contributed by atoms with van der Waals surface area (Å²) in [7, 11) is -3.21.